The van der Waals surface area contributed by atoms with E-state index >= 15 is 0 Å². The second kappa shape index (κ2) is 10.1. The van der Waals surface area contributed by atoms with E-state index in [2.05, 4.69) is 80.6 Å². The Kier molecular flexibility index (Phi) is 7.07. The highest BCUT2D eigenvalue weighted by Gasteiger charge is 2.23. The van der Waals surface area contributed by atoms with E-state index in [0.29, 0.717) is 24.7 Å². The van der Waals surface area contributed by atoms with Gasteiger partial charge in [0.2, 0.25) is 0 Å². The first-order chi connectivity index (χ1) is 14.7. The molecule has 0 radical (unpaired) electrons. The zero-order valence-corrected chi connectivity index (χ0v) is 18.3. The van der Waals surface area contributed by atoms with Crippen LogP contribution in [-0.4, -0.2) is 12.2 Å². The fraction of sp³-hybridized carbons (Fsp3) is 0.429. The van der Waals surface area contributed by atoms with Gasteiger partial charge in [-0.1, -0.05) is 68.8 Å². The summed E-state index contributed by atoms with van der Waals surface area (Å²) in [6.07, 6.45) is 7.37. The molecule has 0 amide bonds. The third-order valence-corrected chi connectivity index (χ3v) is 6.37. The number of ether oxygens (including phenoxy) is 2. The standard InChI is InChI=1S/C28H34O2/c1-3-7-21(2)24-10-6-11-28(19-24)30-27-16-14-26(15-17-27)29-20-22-12-13-23-8-4-5-9-25(23)18-22/h4-6,8-13,18-19,21,26-27H,3,7,14-17,20H2,1-2H3. The summed E-state index contributed by atoms with van der Waals surface area (Å²) in [5.74, 6) is 1.62. The number of hydrogen-bond acceptors (Lipinski definition) is 2. The molecule has 1 unspecified atom stereocenters. The predicted octanol–water partition coefficient (Wildman–Crippen LogP) is 7.65. The lowest BCUT2D eigenvalue weighted by Gasteiger charge is -2.29. The van der Waals surface area contributed by atoms with Gasteiger partial charge in [0.15, 0.2) is 0 Å². The van der Waals surface area contributed by atoms with Crippen molar-refractivity contribution in [2.24, 2.45) is 0 Å². The summed E-state index contributed by atoms with van der Waals surface area (Å²) >= 11 is 0. The highest BCUT2D eigenvalue weighted by Crippen LogP contribution is 2.29. The van der Waals surface area contributed by atoms with Gasteiger partial charge in [0.05, 0.1) is 18.8 Å². The summed E-state index contributed by atoms with van der Waals surface area (Å²) in [5, 5.41) is 2.57. The molecular weight excluding hydrogens is 368 g/mol. The Hall–Kier alpha value is -2.32. The lowest BCUT2D eigenvalue weighted by atomic mass is 9.94. The summed E-state index contributed by atoms with van der Waals surface area (Å²) in [4.78, 5) is 0. The lowest BCUT2D eigenvalue weighted by Crippen LogP contribution is -2.28. The largest absolute Gasteiger partial charge is 0.490 e. The quantitative estimate of drug-likeness (QED) is 0.385. The van der Waals surface area contributed by atoms with Gasteiger partial charge in [-0.05, 0) is 78.1 Å². The van der Waals surface area contributed by atoms with E-state index in [4.69, 9.17) is 9.47 Å². The maximum absolute atomic E-state index is 6.33. The molecule has 1 aliphatic rings. The van der Waals surface area contributed by atoms with Crippen molar-refractivity contribution in [3.8, 4) is 5.75 Å². The van der Waals surface area contributed by atoms with Crippen molar-refractivity contribution < 1.29 is 9.47 Å². The van der Waals surface area contributed by atoms with Crippen molar-refractivity contribution in [1.82, 2.24) is 0 Å². The van der Waals surface area contributed by atoms with E-state index in [-0.39, 0.29) is 0 Å². The number of hydrogen-bond donors (Lipinski definition) is 0. The molecule has 2 nitrogen and oxygen atoms in total. The third-order valence-electron chi connectivity index (χ3n) is 6.37. The Balaban J connectivity index is 1.25. The third kappa shape index (κ3) is 5.43. The monoisotopic (exact) mass is 402 g/mol. The Morgan fingerprint density at radius 2 is 1.60 bits per heavy atom. The van der Waals surface area contributed by atoms with Crippen LogP contribution in [0.1, 0.15) is 69.4 Å². The van der Waals surface area contributed by atoms with Gasteiger partial charge in [0.25, 0.3) is 0 Å². The van der Waals surface area contributed by atoms with Crippen LogP contribution in [0.15, 0.2) is 66.7 Å². The van der Waals surface area contributed by atoms with Crippen LogP contribution in [0.2, 0.25) is 0 Å². The lowest BCUT2D eigenvalue weighted by molar-refractivity contribution is -0.00659. The average molecular weight is 403 g/mol. The topological polar surface area (TPSA) is 18.5 Å². The molecule has 0 saturated heterocycles. The second-order valence-corrected chi connectivity index (χ2v) is 8.77. The van der Waals surface area contributed by atoms with Gasteiger partial charge in [-0.25, -0.2) is 0 Å². The Morgan fingerprint density at radius 1 is 0.833 bits per heavy atom. The van der Waals surface area contributed by atoms with Gasteiger partial charge < -0.3 is 9.47 Å². The molecule has 2 heteroatoms. The minimum Gasteiger partial charge on any atom is -0.490 e. The number of fused-ring (bicyclic) bond motifs is 1. The maximum atomic E-state index is 6.33. The Labute approximate surface area is 181 Å². The van der Waals surface area contributed by atoms with Crippen LogP contribution in [0.4, 0.5) is 0 Å². The van der Waals surface area contributed by atoms with Gasteiger partial charge in [0, 0.05) is 0 Å². The van der Waals surface area contributed by atoms with E-state index < -0.39 is 0 Å². The van der Waals surface area contributed by atoms with Crippen LogP contribution in [0.5, 0.6) is 5.75 Å². The molecule has 1 fully saturated rings. The highest BCUT2D eigenvalue weighted by atomic mass is 16.5. The molecule has 0 bridgehead atoms. The van der Waals surface area contributed by atoms with Crippen molar-refractivity contribution in [3.05, 3.63) is 77.9 Å². The van der Waals surface area contributed by atoms with Crippen LogP contribution in [0.25, 0.3) is 10.8 Å². The first-order valence-electron chi connectivity index (χ1n) is 11.6. The maximum Gasteiger partial charge on any atom is 0.119 e. The smallest absolute Gasteiger partial charge is 0.119 e. The molecular formula is C28H34O2. The first-order valence-corrected chi connectivity index (χ1v) is 11.6. The van der Waals surface area contributed by atoms with E-state index in [1.807, 2.05) is 0 Å². The zero-order valence-electron chi connectivity index (χ0n) is 18.3. The zero-order chi connectivity index (χ0) is 20.8. The minimum absolute atomic E-state index is 0.308. The van der Waals surface area contributed by atoms with E-state index in [1.54, 1.807) is 0 Å². The number of rotatable bonds is 8. The molecule has 0 aliphatic heterocycles. The molecule has 4 rings (SSSR count). The van der Waals surface area contributed by atoms with Crippen molar-refractivity contribution in [1.29, 1.82) is 0 Å². The fourth-order valence-electron chi connectivity index (χ4n) is 4.55. The van der Waals surface area contributed by atoms with Gasteiger partial charge in [-0.15, -0.1) is 0 Å². The molecule has 1 saturated carbocycles. The molecule has 0 N–H and O–H groups in total. The van der Waals surface area contributed by atoms with Crippen molar-refractivity contribution in [2.45, 2.75) is 77.1 Å². The van der Waals surface area contributed by atoms with Crippen LogP contribution in [0, 0.1) is 0 Å². The first kappa shape index (κ1) is 20.9. The van der Waals surface area contributed by atoms with Crippen molar-refractivity contribution >= 4 is 10.8 Å². The van der Waals surface area contributed by atoms with E-state index in [1.165, 1.54) is 34.7 Å². The highest BCUT2D eigenvalue weighted by molar-refractivity contribution is 5.82. The Bertz CT molecular complexity index is 940. The summed E-state index contributed by atoms with van der Waals surface area (Å²) in [6, 6.07) is 23.8. The van der Waals surface area contributed by atoms with Gasteiger partial charge in [-0.3, -0.25) is 0 Å². The minimum atomic E-state index is 0.308. The van der Waals surface area contributed by atoms with Crippen LogP contribution < -0.4 is 4.74 Å². The van der Waals surface area contributed by atoms with Crippen LogP contribution in [0.3, 0.4) is 0 Å². The van der Waals surface area contributed by atoms with Crippen LogP contribution >= 0.6 is 0 Å². The molecule has 30 heavy (non-hydrogen) atoms. The van der Waals surface area contributed by atoms with E-state index in [0.717, 1.165) is 31.4 Å². The molecule has 3 aromatic carbocycles. The molecule has 158 valence electrons. The fourth-order valence-corrected chi connectivity index (χ4v) is 4.55. The SMILES string of the molecule is CCCC(C)c1cccc(OC2CCC(OCc3ccc4ccccc4c3)CC2)c1. The molecule has 0 spiro atoms. The van der Waals surface area contributed by atoms with Crippen molar-refractivity contribution in [3.63, 3.8) is 0 Å². The Morgan fingerprint density at radius 3 is 2.40 bits per heavy atom. The molecule has 0 aromatic heterocycles. The molecule has 1 atom stereocenters. The molecule has 0 heterocycles. The number of benzene rings is 3. The summed E-state index contributed by atoms with van der Waals surface area (Å²) in [7, 11) is 0. The predicted molar refractivity (Wildman–Crippen MR) is 125 cm³/mol. The van der Waals surface area contributed by atoms with Crippen LogP contribution in [-0.2, 0) is 11.3 Å². The average Bonchev–Trinajstić information content (AvgIpc) is 2.79. The summed E-state index contributed by atoms with van der Waals surface area (Å²) in [5.41, 5.74) is 2.65. The summed E-state index contributed by atoms with van der Waals surface area (Å²) in [6.45, 7) is 5.25. The molecule has 1 aliphatic carbocycles. The van der Waals surface area contributed by atoms with Gasteiger partial charge in [-0.2, -0.15) is 0 Å². The normalized spacial score (nSPS) is 20.2. The van der Waals surface area contributed by atoms with E-state index in [9.17, 15) is 0 Å². The van der Waals surface area contributed by atoms with Gasteiger partial charge >= 0.3 is 0 Å². The second-order valence-electron chi connectivity index (χ2n) is 8.77. The summed E-state index contributed by atoms with van der Waals surface area (Å²) < 4.78 is 12.6. The van der Waals surface area contributed by atoms with Crippen molar-refractivity contribution in [2.75, 3.05) is 0 Å². The molecule has 3 aromatic rings. The van der Waals surface area contributed by atoms with Gasteiger partial charge in [0.1, 0.15) is 5.75 Å².